The number of rotatable bonds is 3. The first kappa shape index (κ1) is 9.70. The molecular formula is C11H10ClN. The van der Waals surface area contributed by atoms with E-state index in [4.69, 9.17) is 18.0 Å². The van der Waals surface area contributed by atoms with Crippen LogP contribution in [0.1, 0.15) is 5.56 Å². The van der Waals surface area contributed by atoms with Crippen LogP contribution in [-0.4, -0.2) is 6.54 Å². The van der Waals surface area contributed by atoms with Gasteiger partial charge in [-0.1, -0.05) is 30.2 Å². The van der Waals surface area contributed by atoms with Gasteiger partial charge < -0.3 is 5.32 Å². The number of benzene rings is 1. The van der Waals surface area contributed by atoms with Crippen molar-refractivity contribution < 1.29 is 0 Å². The first-order chi connectivity index (χ1) is 6.22. The van der Waals surface area contributed by atoms with Crippen molar-refractivity contribution in [3.8, 4) is 12.3 Å². The lowest BCUT2D eigenvalue weighted by Gasteiger charge is -2.04. The highest BCUT2D eigenvalue weighted by Gasteiger charge is 1.92. The Morgan fingerprint density at radius 2 is 2.38 bits per heavy atom. The summed E-state index contributed by atoms with van der Waals surface area (Å²) in [5.74, 6) is 2.56. The Bertz CT molecular complexity index is 349. The number of hydrogen-bond donors (Lipinski definition) is 1. The van der Waals surface area contributed by atoms with Gasteiger partial charge in [0.25, 0.3) is 0 Å². The summed E-state index contributed by atoms with van der Waals surface area (Å²) in [4.78, 5) is 0. The molecule has 0 atom stereocenters. The Balaban J connectivity index is 2.68. The van der Waals surface area contributed by atoms with Crippen LogP contribution < -0.4 is 5.32 Å². The molecular weight excluding hydrogens is 182 g/mol. The highest BCUT2D eigenvalue weighted by atomic mass is 35.5. The van der Waals surface area contributed by atoms with Gasteiger partial charge in [-0.15, -0.1) is 6.42 Å². The van der Waals surface area contributed by atoms with Crippen LogP contribution in [0, 0.1) is 12.3 Å². The lowest BCUT2D eigenvalue weighted by molar-refractivity contribution is 1.31. The van der Waals surface area contributed by atoms with Crippen LogP contribution in [-0.2, 0) is 0 Å². The van der Waals surface area contributed by atoms with Crippen molar-refractivity contribution in [3.05, 3.63) is 41.4 Å². The molecule has 1 N–H and O–H groups in total. The summed E-state index contributed by atoms with van der Waals surface area (Å²) in [6.07, 6.45) is 5.25. The monoisotopic (exact) mass is 191 g/mol. The molecule has 0 spiro atoms. The fraction of sp³-hybridized carbons (Fsp3) is 0.0909. The zero-order valence-electron chi connectivity index (χ0n) is 7.18. The molecule has 2 heteroatoms. The molecule has 0 unspecified atom stereocenters. The average molecular weight is 192 g/mol. The summed E-state index contributed by atoms with van der Waals surface area (Å²) in [6.45, 7) is 4.13. The second-order valence-electron chi connectivity index (χ2n) is 2.60. The van der Waals surface area contributed by atoms with Gasteiger partial charge in [-0.2, -0.15) is 0 Å². The average Bonchev–Trinajstić information content (AvgIpc) is 2.15. The molecule has 1 aromatic carbocycles. The second-order valence-corrected chi connectivity index (χ2v) is 3.13. The molecule has 1 nitrogen and oxygen atoms in total. The molecule has 0 saturated heterocycles. The summed E-state index contributed by atoms with van der Waals surface area (Å²) in [6, 6.07) is 7.59. The van der Waals surface area contributed by atoms with E-state index in [9.17, 15) is 0 Å². The molecule has 0 aliphatic rings. The van der Waals surface area contributed by atoms with Crippen LogP contribution in [0.4, 0.5) is 5.69 Å². The summed E-state index contributed by atoms with van der Waals surface area (Å²) in [7, 11) is 0. The Kier molecular flexibility index (Phi) is 3.42. The van der Waals surface area contributed by atoms with Gasteiger partial charge in [0.05, 0.1) is 6.54 Å². The molecule has 1 aromatic rings. The van der Waals surface area contributed by atoms with Crippen LogP contribution in [0.5, 0.6) is 0 Å². The minimum Gasteiger partial charge on any atom is -0.380 e. The predicted molar refractivity (Wildman–Crippen MR) is 57.9 cm³/mol. The van der Waals surface area contributed by atoms with Gasteiger partial charge in [-0.3, -0.25) is 0 Å². The molecule has 0 aromatic heterocycles. The third kappa shape index (κ3) is 3.23. The van der Waals surface area contributed by atoms with Crippen LogP contribution in [0.3, 0.4) is 0 Å². The Hall–Kier alpha value is -1.39. The molecule has 1 rings (SSSR count). The highest BCUT2D eigenvalue weighted by Crippen LogP contribution is 2.10. The topological polar surface area (TPSA) is 12.0 Å². The maximum absolute atomic E-state index is 5.60. The molecule has 0 amide bonds. The quantitative estimate of drug-likeness (QED) is 0.725. The second kappa shape index (κ2) is 4.59. The number of hydrogen-bond acceptors (Lipinski definition) is 1. The summed E-state index contributed by atoms with van der Waals surface area (Å²) < 4.78 is 0. The van der Waals surface area contributed by atoms with Crippen molar-refractivity contribution in [2.75, 3.05) is 11.9 Å². The molecule has 0 bridgehead atoms. The normalized spacial score (nSPS) is 8.92. The van der Waals surface area contributed by atoms with Crippen molar-refractivity contribution in [2.45, 2.75) is 0 Å². The smallest absolute Gasteiger partial charge is 0.0501 e. The summed E-state index contributed by atoms with van der Waals surface area (Å²) in [5, 5.41) is 3.67. The van der Waals surface area contributed by atoms with Crippen molar-refractivity contribution >= 4 is 17.3 Å². The van der Waals surface area contributed by atoms with Gasteiger partial charge in [0.15, 0.2) is 0 Å². The Morgan fingerprint density at radius 3 is 3.00 bits per heavy atom. The lowest BCUT2D eigenvalue weighted by atomic mass is 10.2. The lowest BCUT2D eigenvalue weighted by Crippen LogP contribution is -2.00. The molecule has 0 aliphatic heterocycles. The van der Waals surface area contributed by atoms with Crippen LogP contribution in [0.25, 0.3) is 0 Å². The maximum atomic E-state index is 5.60. The van der Waals surface area contributed by atoms with Crippen LogP contribution >= 0.6 is 11.6 Å². The van der Waals surface area contributed by atoms with E-state index in [2.05, 4.69) is 17.8 Å². The van der Waals surface area contributed by atoms with E-state index in [1.165, 1.54) is 0 Å². The van der Waals surface area contributed by atoms with Crippen LogP contribution in [0.2, 0.25) is 0 Å². The largest absolute Gasteiger partial charge is 0.380 e. The first-order valence-corrected chi connectivity index (χ1v) is 4.24. The fourth-order valence-corrected chi connectivity index (χ4v) is 0.984. The van der Waals surface area contributed by atoms with E-state index in [0.29, 0.717) is 11.6 Å². The fourth-order valence-electron chi connectivity index (χ4n) is 0.917. The number of terminal acetylenes is 1. The van der Waals surface area contributed by atoms with Gasteiger partial charge in [0.2, 0.25) is 0 Å². The third-order valence-corrected chi connectivity index (χ3v) is 1.65. The van der Waals surface area contributed by atoms with Crippen molar-refractivity contribution in [1.29, 1.82) is 0 Å². The number of anilines is 1. The molecule has 0 heterocycles. The Morgan fingerprint density at radius 1 is 1.62 bits per heavy atom. The van der Waals surface area contributed by atoms with Gasteiger partial charge in [-0.05, 0) is 18.2 Å². The van der Waals surface area contributed by atoms with E-state index in [0.717, 1.165) is 11.3 Å². The zero-order valence-corrected chi connectivity index (χ0v) is 7.93. The molecule has 0 fully saturated rings. The number of halogens is 1. The highest BCUT2D eigenvalue weighted by molar-refractivity contribution is 6.29. The molecule has 0 saturated carbocycles. The summed E-state index contributed by atoms with van der Waals surface area (Å²) >= 11 is 5.60. The Labute approximate surface area is 83.4 Å². The molecule has 13 heavy (non-hydrogen) atoms. The van der Waals surface area contributed by atoms with Gasteiger partial charge in [-0.25, -0.2) is 0 Å². The molecule has 0 aliphatic carbocycles. The number of nitrogens with one attached hydrogen (secondary N) is 1. The van der Waals surface area contributed by atoms with Crippen molar-refractivity contribution in [3.63, 3.8) is 0 Å². The van der Waals surface area contributed by atoms with Crippen molar-refractivity contribution in [2.24, 2.45) is 0 Å². The van der Waals surface area contributed by atoms with E-state index in [-0.39, 0.29) is 0 Å². The van der Waals surface area contributed by atoms with E-state index < -0.39 is 0 Å². The molecule has 0 radical (unpaired) electrons. The first-order valence-electron chi connectivity index (χ1n) is 3.86. The maximum Gasteiger partial charge on any atom is 0.0501 e. The zero-order chi connectivity index (χ0) is 9.68. The van der Waals surface area contributed by atoms with Crippen LogP contribution in [0.15, 0.2) is 35.9 Å². The standard InChI is InChI=1S/C11H10ClN/c1-3-10-5-4-6-11(7-10)13-8-9(2)12/h1,4-7,13H,2,8H2. The van der Waals surface area contributed by atoms with Gasteiger partial charge in [0.1, 0.15) is 0 Å². The van der Waals surface area contributed by atoms with E-state index >= 15 is 0 Å². The van der Waals surface area contributed by atoms with Gasteiger partial charge >= 0.3 is 0 Å². The van der Waals surface area contributed by atoms with Crippen molar-refractivity contribution in [1.82, 2.24) is 0 Å². The van der Waals surface area contributed by atoms with E-state index in [1.807, 2.05) is 24.3 Å². The minimum atomic E-state index is 0.551. The van der Waals surface area contributed by atoms with Gasteiger partial charge in [0, 0.05) is 16.3 Å². The SMILES string of the molecule is C#Cc1cccc(NCC(=C)Cl)c1. The minimum absolute atomic E-state index is 0.551. The summed E-state index contributed by atoms with van der Waals surface area (Å²) in [5.41, 5.74) is 1.81. The predicted octanol–water partition coefficient (Wildman–Crippen LogP) is 2.83. The van der Waals surface area contributed by atoms with E-state index in [1.54, 1.807) is 0 Å². The molecule has 66 valence electrons. The third-order valence-electron chi connectivity index (χ3n) is 1.51.